The summed E-state index contributed by atoms with van der Waals surface area (Å²) >= 11 is 0. The maximum absolute atomic E-state index is 12.3. The van der Waals surface area contributed by atoms with Crippen LogP contribution >= 0.6 is 0 Å². The van der Waals surface area contributed by atoms with Crippen LogP contribution < -0.4 is 4.90 Å². The average molecular weight is 280 g/mol. The number of aliphatic hydroxyl groups is 1. The first-order chi connectivity index (χ1) is 9.40. The van der Waals surface area contributed by atoms with E-state index >= 15 is 0 Å². The lowest BCUT2D eigenvalue weighted by molar-refractivity contribution is -0.141. The Bertz CT molecular complexity index is 516. The summed E-state index contributed by atoms with van der Waals surface area (Å²) in [7, 11) is 1.51. The van der Waals surface area contributed by atoms with E-state index in [0.29, 0.717) is 5.69 Å². The molecule has 2 atom stereocenters. The van der Waals surface area contributed by atoms with Gasteiger partial charge in [0.05, 0.1) is 6.10 Å². The quantitative estimate of drug-likeness (QED) is 0.731. The number of rotatable bonds is 2. The number of likely N-dealkylation sites (tertiary alicyclic amines) is 1. The monoisotopic (exact) mass is 280 g/mol. The normalized spacial score (nSPS) is 21.8. The number of phenols is 1. The van der Waals surface area contributed by atoms with Crippen molar-refractivity contribution in [3.05, 3.63) is 24.3 Å². The number of benzene rings is 1. The van der Waals surface area contributed by atoms with Crippen LogP contribution in [0.2, 0.25) is 0 Å². The Morgan fingerprint density at radius 1 is 1.30 bits per heavy atom. The third-order valence-corrected chi connectivity index (χ3v) is 3.33. The molecule has 1 saturated heterocycles. The first-order valence-corrected chi connectivity index (χ1v) is 6.14. The maximum Gasteiger partial charge on any atom is 0.326 e. The van der Waals surface area contributed by atoms with Crippen molar-refractivity contribution in [1.29, 1.82) is 0 Å². The van der Waals surface area contributed by atoms with Crippen molar-refractivity contribution in [3.8, 4) is 5.75 Å². The summed E-state index contributed by atoms with van der Waals surface area (Å²) in [5.41, 5.74) is 0.526. The van der Waals surface area contributed by atoms with Crippen LogP contribution in [-0.4, -0.2) is 58.0 Å². The highest BCUT2D eigenvalue weighted by Crippen LogP contribution is 2.23. The third-order valence-electron chi connectivity index (χ3n) is 3.33. The Morgan fingerprint density at radius 2 is 1.90 bits per heavy atom. The minimum absolute atomic E-state index is 0.00176. The zero-order valence-electron chi connectivity index (χ0n) is 10.9. The lowest BCUT2D eigenvalue weighted by atomic mass is 10.2. The molecular formula is C13H16N2O5. The molecular weight excluding hydrogens is 264 g/mol. The second kappa shape index (κ2) is 5.38. The summed E-state index contributed by atoms with van der Waals surface area (Å²) in [4.78, 5) is 25.8. The van der Waals surface area contributed by atoms with Crippen LogP contribution in [0.4, 0.5) is 10.5 Å². The SMILES string of the molecule is CN(C(=O)N1CC(O)C[C@H]1C(=O)O)c1ccc(O)cc1. The van der Waals surface area contributed by atoms with Gasteiger partial charge in [-0.1, -0.05) is 0 Å². The van der Waals surface area contributed by atoms with E-state index in [2.05, 4.69) is 0 Å². The molecule has 0 saturated carbocycles. The van der Waals surface area contributed by atoms with Crippen molar-refractivity contribution in [1.82, 2.24) is 4.90 Å². The number of amides is 2. The second-order valence-electron chi connectivity index (χ2n) is 4.75. The van der Waals surface area contributed by atoms with Gasteiger partial charge in [-0.15, -0.1) is 0 Å². The number of anilines is 1. The molecule has 0 radical (unpaired) electrons. The molecule has 1 aromatic rings. The van der Waals surface area contributed by atoms with Crippen LogP contribution in [0, 0.1) is 0 Å². The Labute approximate surface area is 115 Å². The zero-order chi connectivity index (χ0) is 14.9. The molecule has 1 aliphatic rings. The van der Waals surface area contributed by atoms with Crippen molar-refractivity contribution in [2.45, 2.75) is 18.6 Å². The van der Waals surface area contributed by atoms with Crippen molar-refractivity contribution in [2.75, 3.05) is 18.5 Å². The van der Waals surface area contributed by atoms with Gasteiger partial charge in [-0.05, 0) is 24.3 Å². The smallest absolute Gasteiger partial charge is 0.326 e. The van der Waals surface area contributed by atoms with Gasteiger partial charge in [-0.25, -0.2) is 9.59 Å². The van der Waals surface area contributed by atoms with Gasteiger partial charge in [0.2, 0.25) is 0 Å². The number of nitrogens with zero attached hydrogens (tertiary/aromatic N) is 2. The highest BCUT2D eigenvalue weighted by molar-refractivity contribution is 5.94. The molecule has 0 bridgehead atoms. The maximum atomic E-state index is 12.3. The largest absolute Gasteiger partial charge is 0.508 e. The first-order valence-electron chi connectivity index (χ1n) is 6.14. The minimum atomic E-state index is -1.13. The van der Waals surface area contributed by atoms with Crippen LogP contribution in [0.1, 0.15) is 6.42 Å². The lowest BCUT2D eigenvalue weighted by Crippen LogP contribution is -2.47. The molecule has 7 nitrogen and oxygen atoms in total. The van der Waals surface area contributed by atoms with E-state index in [1.54, 1.807) is 12.1 Å². The predicted octanol–water partition coefficient (Wildman–Crippen LogP) is 0.468. The number of phenolic OH excluding ortho intramolecular Hbond substituents is 1. The van der Waals surface area contributed by atoms with Gasteiger partial charge in [-0.2, -0.15) is 0 Å². The Kier molecular flexibility index (Phi) is 3.80. The van der Waals surface area contributed by atoms with E-state index in [9.17, 15) is 19.8 Å². The van der Waals surface area contributed by atoms with Crippen molar-refractivity contribution >= 4 is 17.7 Å². The zero-order valence-corrected chi connectivity index (χ0v) is 10.9. The number of carboxylic acid groups (broad SMARTS) is 1. The van der Waals surface area contributed by atoms with E-state index in [1.165, 1.54) is 24.1 Å². The fourth-order valence-corrected chi connectivity index (χ4v) is 2.24. The minimum Gasteiger partial charge on any atom is -0.508 e. The highest BCUT2D eigenvalue weighted by atomic mass is 16.4. The van der Waals surface area contributed by atoms with Gasteiger partial charge < -0.3 is 20.2 Å². The molecule has 3 N–H and O–H groups in total. The molecule has 1 unspecified atom stereocenters. The van der Waals surface area contributed by atoms with Gasteiger partial charge in [0.1, 0.15) is 11.8 Å². The predicted molar refractivity (Wildman–Crippen MR) is 70.7 cm³/mol. The van der Waals surface area contributed by atoms with Gasteiger partial charge in [0.15, 0.2) is 0 Å². The lowest BCUT2D eigenvalue weighted by Gasteiger charge is -2.27. The fraction of sp³-hybridized carbons (Fsp3) is 0.385. The van der Waals surface area contributed by atoms with E-state index in [0.717, 1.165) is 4.90 Å². The third kappa shape index (κ3) is 2.67. The summed E-state index contributed by atoms with van der Waals surface area (Å²) in [5, 5.41) is 27.8. The molecule has 7 heteroatoms. The molecule has 0 aromatic heterocycles. The molecule has 1 aliphatic heterocycles. The molecule has 1 aromatic carbocycles. The summed E-state index contributed by atoms with van der Waals surface area (Å²) in [6.07, 6.45) is -0.793. The first kappa shape index (κ1) is 14.1. The van der Waals surface area contributed by atoms with E-state index < -0.39 is 24.1 Å². The van der Waals surface area contributed by atoms with E-state index in [1.807, 2.05) is 0 Å². The summed E-state index contributed by atoms with van der Waals surface area (Å²) in [5.74, 6) is -1.05. The Hall–Kier alpha value is -2.28. The number of aliphatic carboxylic acids is 1. The number of hydrogen-bond donors (Lipinski definition) is 3. The number of urea groups is 1. The average Bonchev–Trinajstić information content (AvgIpc) is 2.80. The molecule has 2 rings (SSSR count). The van der Waals surface area contributed by atoms with Gasteiger partial charge in [-0.3, -0.25) is 4.90 Å². The summed E-state index contributed by atoms with van der Waals surface area (Å²) in [6.45, 7) is -0.00176. The van der Waals surface area contributed by atoms with Crippen molar-refractivity contribution < 1.29 is 24.9 Å². The Morgan fingerprint density at radius 3 is 2.45 bits per heavy atom. The highest BCUT2D eigenvalue weighted by Gasteiger charge is 2.40. The molecule has 0 aliphatic carbocycles. The number of carbonyl (C=O) groups is 2. The molecule has 1 heterocycles. The molecule has 108 valence electrons. The fourth-order valence-electron chi connectivity index (χ4n) is 2.24. The number of β-amino-alcohol motifs (C(OH)–C–C–N with tert-alkyl or cyclic N) is 1. The van der Waals surface area contributed by atoms with Crippen LogP contribution in [0.25, 0.3) is 0 Å². The number of aliphatic hydroxyl groups excluding tert-OH is 1. The van der Waals surface area contributed by atoms with Crippen LogP contribution in [0.3, 0.4) is 0 Å². The molecule has 1 fully saturated rings. The van der Waals surface area contributed by atoms with Crippen molar-refractivity contribution in [3.63, 3.8) is 0 Å². The van der Waals surface area contributed by atoms with Crippen LogP contribution in [0.15, 0.2) is 24.3 Å². The standard InChI is InChI=1S/C13H16N2O5/c1-14(8-2-4-9(16)5-3-8)13(20)15-7-10(17)6-11(15)12(18)19/h2-5,10-11,16-17H,6-7H2,1H3,(H,18,19)/t10?,11-/m0/s1. The van der Waals surface area contributed by atoms with Gasteiger partial charge in [0.25, 0.3) is 0 Å². The Balaban J connectivity index is 2.17. The van der Waals surface area contributed by atoms with Crippen LogP contribution in [0.5, 0.6) is 5.75 Å². The molecule has 0 spiro atoms. The topological polar surface area (TPSA) is 101 Å². The number of aromatic hydroxyl groups is 1. The number of carboxylic acids is 1. The number of hydrogen-bond acceptors (Lipinski definition) is 4. The summed E-state index contributed by atoms with van der Waals surface area (Å²) < 4.78 is 0. The van der Waals surface area contributed by atoms with E-state index in [4.69, 9.17) is 5.11 Å². The second-order valence-corrected chi connectivity index (χ2v) is 4.75. The number of carbonyl (C=O) groups excluding carboxylic acids is 1. The summed E-state index contributed by atoms with van der Waals surface area (Å²) in [6, 6.07) is 4.46. The van der Waals surface area contributed by atoms with Crippen molar-refractivity contribution in [2.24, 2.45) is 0 Å². The van der Waals surface area contributed by atoms with Gasteiger partial charge in [0, 0.05) is 25.7 Å². The van der Waals surface area contributed by atoms with Gasteiger partial charge >= 0.3 is 12.0 Å². The van der Waals surface area contributed by atoms with Crippen LogP contribution in [-0.2, 0) is 4.79 Å². The molecule has 20 heavy (non-hydrogen) atoms. The molecule has 2 amide bonds. The van der Waals surface area contributed by atoms with E-state index in [-0.39, 0.29) is 18.7 Å².